The maximum absolute atomic E-state index is 12.8. The van der Waals surface area contributed by atoms with Crippen LogP contribution in [0.2, 0.25) is 0 Å². The molecule has 29 heavy (non-hydrogen) atoms. The van der Waals surface area contributed by atoms with Gasteiger partial charge in [-0.15, -0.1) is 0 Å². The topological polar surface area (TPSA) is 97.6 Å². The number of nitrogens with one attached hydrogen (secondary N) is 1. The van der Waals surface area contributed by atoms with Crippen molar-refractivity contribution < 1.29 is 18.7 Å². The van der Waals surface area contributed by atoms with E-state index in [0.29, 0.717) is 30.3 Å². The predicted octanol–water partition coefficient (Wildman–Crippen LogP) is 3.50. The maximum atomic E-state index is 12.8. The van der Waals surface area contributed by atoms with Gasteiger partial charge in [0.15, 0.2) is 6.39 Å². The molecule has 0 radical (unpaired) electrons. The number of oxazole rings is 1. The summed E-state index contributed by atoms with van der Waals surface area (Å²) < 4.78 is 10.8. The van der Waals surface area contributed by atoms with Crippen molar-refractivity contribution in [2.75, 3.05) is 11.9 Å². The van der Waals surface area contributed by atoms with Crippen LogP contribution in [0.3, 0.4) is 0 Å². The highest BCUT2D eigenvalue weighted by Gasteiger charge is 2.33. The molecule has 1 atom stereocenters. The Kier molecular flexibility index (Phi) is 5.51. The minimum atomic E-state index is -0.568. The fourth-order valence-corrected chi connectivity index (χ4v) is 3.26. The molecule has 1 unspecified atom stereocenters. The molecule has 0 spiro atoms. The lowest BCUT2D eigenvalue weighted by Crippen LogP contribution is -2.49. The van der Waals surface area contributed by atoms with Crippen LogP contribution in [0, 0.1) is 0 Å². The van der Waals surface area contributed by atoms with Gasteiger partial charge in [0.25, 0.3) is 5.91 Å². The summed E-state index contributed by atoms with van der Waals surface area (Å²) in [5.41, 5.74) is 0.535. The molecule has 0 bridgehead atoms. The molecule has 148 valence electrons. The second-order valence-electron chi connectivity index (χ2n) is 6.67. The van der Waals surface area contributed by atoms with Crippen molar-refractivity contribution in [3.8, 4) is 11.6 Å². The van der Waals surface area contributed by atoms with E-state index in [1.165, 1.54) is 18.8 Å². The molecule has 3 aromatic rings. The number of carbonyl (C=O) groups excluding carboxylic acids is 2. The zero-order valence-electron chi connectivity index (χ0n) is 15.7. The van der Waals surface area contributed by atoms with Gasteiger partial charge in [0.1, 0.15) is 11.8 Å². The molecule has 8 heteroatoms. The van der Waals surface area contributed by atoms with Gasteiger partial charge in [0.2, 0.25) is 17.5 Å². The quantitative estimate of drug-likeness (QED) is 0.714. The molecule has 2 amide bonds. The number of nitrogens with zero attached hydrogens (tertiary/aromatic N) is 3. The average Bonchev–Trinajstić information content (AvgIpc) is 3.30. The number of likely N-dealkylation sites (tertiary alicyclic amines) is 1. The van der Waals surface area contributed by atoms with E-state index in [9.17, 15) is 9.59 Å². The SMILES string of the molecule is O=C(Nc1ccc(Oc2ccccc2)nc1)C1CCCCN1C(=O)c1cnco1. The van der Waals surface area contributed by atoms with Gasteiger partial charge in [-0.2, -0.15) is 0 Å². The standard InChI is InChI=1S/C21H20N4O4/c26-20(17-8-4-5-11-25(17)21(27)18-13-22-14-28-18)24-15-9-10-19(23-12-15)29-16-6-2-1-3-7-16/h1-3,6-7,9-10,12-14,17H,4-5,8,11H2,(H,24,26). The molecule has 1 aliphatic rings. The number of pyridine rings is 1. The van der Waals surface area contributed by atoms with Gasteiger partial charge in [-0.3, -0.25) is 9.59 Å². The van der Waals surface area contributed by atoms with Crippen LogP contribution >= 0.6 is 0 Å². The molecular formula is C21H20N4O4. The Morgan fingerprint density at radius 2 is 1.97 bits per heavy atom. The monoisotopic (exact) mass is 392 g/mol. The molecule has 8 nitrogen and oxygen atoms in total. The van der Waals surface area contributed by atoms with Crippen molar-refractivity contribution >= 4 is 17.5 Å². The fraction of sp³-hybridized carbons (Fsp3) is 0.238. The number of hydrogen-bond acceptors (Lipinski definition) is 6. The van der Waals surface area contributed by atoms with Gasteiger partial charge in [-0.1, -0.05) is 18.2 Å². The summed E-state index contributed by atoms with van der Waals surface area (Å²) in [6.45, 7) is 0.500. The Labute approximate surface area is 167 Å². The van der Waals surface area contributed by atoms with Gasteiger partial charge in [0.05, 0.1) is 18.1 Å². The average molecular weight is 392 g/mol. The smallest absolute Gasteiger partial charge is 0.291 e. The van der Waals surface area contributed by atoms with Crippen LogP contribution in [0.15, 0.2) is 65.7 Å². The molecule has 0 aliphatic carbocycles. The number of benzene rings is 1. The number of piperidine rings is 1. The van der Waals surface area contributed by atoms with Gasteiger partial charge < -0.3 is 19.4 Å². The summed E-state index contributed by atoms with van der Waals surface area (Å²) in [5.74, 6) is 0.659. The Bertz CT molecular complexity index is 958. The van der Waals surface area contributed by atoms with E-state index in [2.05, 4.69) is 15.3 Å². The van der Waals surface area contributed by atoms with E-state index < -0.39 is 6.04 Å². The Hall–Kier alpha value is -3.68. The van der Waals surface area contributed by atoms with Crippen LogP contribution in [0.1, 0.15) is 29.8 Å². The summed E-state index contributed by atoms with van der Waals surface area (Å²) in [4.78, 5) is 35.0. The zero-order valence-corrected chi connectivity index (χ0v) is 15.7. The first-order valence-corrected chi connectivity index (χ1v) is 9.40. The van der Waals surface area contributed by atoms with E-state index in [0.717, 1.165) is 12.8 Å². The number of rotatable bonds is 5. The number of amides is 2. The van der Waals surface area contributed by atoms with Crippen molar-refractivity contribution in [1.29, 1.82) is 0 Å². The number of ether oxygens (including phenoxy) is 1. The highest BCUT2D eigenvalue weighted by atomic mass is 16.5. The number of aromatic nitrogens is 2. The molecule has 1 N–H and O–H groups in total. The van der Waals surface area contributed by atoms with Crippen molar-refractivity contribution in [2.45, 2.75) is 25.3 Å². The highest BCUT2D eigenvalue weighted by molar-refractivity contribution is 6.00. The lowest BCUT2D eigenvalue weighted by Gasteiger charge is -2.34. The van der Waals surface area contributed by atoms with Gasteiger partial charge >= 0.3 is 0 Å². The first-order chi connectivity index (χ1) is 14.2. The van der Waals surface area contributed by atoms with E-state index in [-0.39, 0.29) is 17.6 Å². The molecule has 4 rings (SSSR count). The van der Waals surface area contributed by atoms with Crippen LogP contribution in [0.5, 0.6) is 11.6 Å². The van der Waals surface area contributed by atoms with Crippen LogP contribution in [-0.2, 0) is 4.79 Å². The van der Waals surface area contributed by atoms with Crippen LogP contribution in [-0.4, -0.2) is 39.3 Å². The number of para-hydroxylation sites is 1. The number of hydrogen-bond donors (Lipinski definition) is 1. The summed E-state index contributed by atoms with van der Waals surface area (Å²) in [7, 11) is 0. The Morgan fingerprint density at radius 1 is 1.10 bits per heavy atom. The predicted molar refractivity (Wildman–Crippen MR) is 105 cm³/mol. The van der Waals surface area contributed by atoms with Gasteiger partial charge in [-0.05, 0) is 37.5 Å². The Morgan fingerprint density at radius 3 is 2.69 bits per heavy atom. The van der Waals surface area contributed by atoms with Crippen LogP contribution in [0.4, 0.5) is 5.69 Å². The molecule has 1 saturated heterocycles. The minimum Gasteiger partial charge on any atom is -0.439 e. The van der Waals surface area contributed by atoms with Crippen molar-refractivity contribution in [1.82, 2.24) is 14.9 Å². The van der Waals surface area contributed by atoms with E-state index >= 15 is 0 Å². The highest BCUT2D eigenvalue weighted by Crippen LogP contribution is 2.23. The lowest BCUT2D eigenvalue weighted by molar-refractivity contribution is -0.121. The number of anilines is 1. The van der Waals surface area contributed by atoms with Crippen molar-refractivity contribution in [3.63, 3.8) is 0 Å². The third-order valence-electron chi connectivity index (χ3n) is 4.68. The fourth-order valence-electron chi connectivity index (χ4n) is 3.26. The first kappa shape index (κ1) is 18.7. The largest absolute Gasteiger partial charge is 0.439 e. The maximum Gasteiger partial charge on any atom is 0.291 e. The van der Waals surface area contributed by atoms with E-state index in [1.807, 2.05) is 30.3 Å². The third kappa shape index (κ3) is 4.43. The number of carbonyl (C=O) groups is 2. The van der Waals surface area contributed by atoms with E-state index in [4.69, 9.17) is 9.15 Å². The minimum absolute atomic E-state index is 0.133. The molecule has 2 aromatic heterocycles. The molecule has 3 heterocycles. The molecular weight excluding hydrogens is 372 g/mol. The molecule has 1 aliphatic heterocycles. The second kappa shape index (κ2) is 8.55. The van der Waals surface area contributed by atoms with E-state index in [1.54, 1.807) is 17.0 Å². The van der Waals surface area contributed by atoms with Crippen molar-refractivity contribution in [3.05, 3.63) is 67.0 Å². The zero-order chi connectivity index (χ0) is 20.1. The summed E-state index contributed by atoms with van der Waals surface area (Å²) >= 11 is 0. The van der Waals surface area contributed by atoms with Gasteiger partial charge in [0, 0.05) is 12.6 Å². The molecule has 1 aromatic carbocycles. The normalized spacial score (nSPS) is 16.3. The first-order valence-electron chi connectivity index (χ1n) is 9.40. The van der Waals surface area contributed by atoms with Crippen LogP contribution in [0.25, 0.3) is 0 Å². The summed E-state index contributed by atoms with van der Waals surface area (Å²) in [6.07, 6.45) is 6.41. The Balaban J connectivity index is 1.41. The molecule has 1 fully saturated rings. The summed E-state index contributed by atoms with van der Waals surface area (Å²) in [5, 5.41) is 2.84. The van der Waals surface area contributed by atoms with Gasteiger partial charge in [-0.25, -0.2) is 9.97 Å². The van der Waals surface area contributed by atoms with Crippen molar-refractivity contribution in [2.24, 2.45) is 0 Å². The lowest BCUT2D eigenvalue weighted by atomic mass is 10.0. The molecule has 0 saturated carbocycles. The summed E-state index contributed by atoms with van der Waals surface area (Å²) in [6, 6.07) is 12.2. The van der Waals surface area contributed by atoms with Crippen LogP contribution < -0.4 is 10.1 Å². The third-order valence-corrected chi connectivity index (χ3v) is 4.68. The second-order valence-corrected chi connectivity index (χ2v) is 6.67.